The molecule has 0 radical (unpaired) electrons. The third-order valence-electron chi connectivity index (χ3n) is 4.60. The summed E-state index contributed by atoms with van der Waals surface area (Å²) in [6, 6.07) is 12.8. The number of hydrogen-bond donors (Lipinski definition) is 2. The van der Waals surface area contributed by atoms with Crippen LogP contribution in [0.25, 0.3) is 11.1 Å². The van der Waals surface area contributed by atoms with Crippen molar-refractivity contribution < 1.29 is 16.8 Å². The zero-order valence-electron chi connectivity index (χ0n) is 16.6. The van der Waals surface area contributed by atoms with Gasteiger partial charge in [-0.05, 0) is 62.1 Å². The zero-order chi connectivity index (χ0) is 20.9. The van der Waals surface area contributed by atoms with Gasteiger partial charge in [0.15, 0.2) is 0 Å². The normalized spacial score (nSPS) is 14.6. The Bertz CT molecular complexity index is 900. The molecule has 0 saturated carbocycles. The molecule has 0 spiro atoms. The molecule has 0 bridgehead atoms. The van der Waals surface area contributed by atoms with Crippen molar-refractivity contribution in [3.05, 3.63) is 48.5 Å². The number of nitrogens with one attached hydrogen (secondary N) is 2. The van der Waals surface area contributed by atoms with Gasteiger partial charge >= 0.3 is 0 Å². The quantitative estimate of drug-likeness (QED) is 0.644. The van der Waals surface area contributed by atoms with E-state index in [2.05, 4.69) is 9.44 Å². The number of benzene rings is 2. The minimum atomic E-state index is -3.55. The van der Waals surface area contributed by atoms with Crippen molar-refractivity contribution in [1.29, 1.82) is 0 Å². The van der Waals surface area contributed by atoms with Crippen molar-refractivity contribution in [2.45, 2.75) is 62.4 Å². The van der Waals surface area contributed by atoms with Crippen LogP contribution in [0.2, 0.25) is 0 Å². The molecule has 0 aromatic heterocycles. The van der Waals surface area contributed by atoms with Crippen LogP contribution in [0.15, 0.2) is 58.3 Å². The molecule has 0 saturated heterocycles. The average molecular weight is 425 g/mol. The Morgan fingerprint density at radius 2 is 0.929 bits per heavy atom. The highest BCUT2D eigenvalue weighted by Crippen LogP contribution is 2.23. The summed E-state index contributed by atoms with van der Waals surface area (Å²) in [5.41, 5.74) is 1.61. The highest BCUT2D eigenvalue weighted by molar-refractivity contribution is 7.89. The van der Waals surface area contributed by atoms with Gasteiger partial charge in [-0.3, -0.25) is 0 Å². The Labute approximate surface area is 168 Å². The largest absolute Gasteiger partial charge is 0.240 e. The molecule has 0 amide bonds. The monoisotopic (exact) mass is 424 g/mol. The minimum Gasteiger partial charge on any atom is -0.208 e. The molecule has 0 fully saturated rings. The van der Waals surface area contributed by atoms with Crippen LogP contribution in [-0.4, -0.2) is 28.9 Å². The van der Waals surface area contributed by atoms with E-state index in [9.17, 15) is 16.8 Å². The average Bonchev–Trinajstić information content (AvgIpc) is 2.67. The lowest BCUT2D eigenvalue weighted by Gasteiger charge is -2.13. The van der Waals surface area contributed by atoms with Crippen LogP contribution in [0, 0.1) is 0 Å². The third-order valence-corrected chi connectivity index (χ3v) is 7.81. The zero-order valence-corrected chi connectivity index (χ0v) is 18.3. The topological polar surface area (TPSA) is 92.3 Å². The smallest absolute Gasteiger partial charge is 0.208 e. The Morgan fingerprint density at radius 1 is 0.643 bits per heavy atom. The summed E-state index contributed by atoms with van der Waals surface area (Å²) in [6.45, 7) is 7.46. The number of hydrogen-bond acceptors (Lipinski definition) is 4. The first-order chi connectivity index (χ1) is 13.1. The highest BCUT2D eigenvalue weighted by atomic mass is 32.2. The first-order valence-corrected chi connectivity index (χ1v) is 12.3. The van der Waals surface area contributed by atoms with Crippen LogP contribution in [0.4, 0.5) is 0 Å². The van der Waals surface area contributed by atoms with Gasteiger partial charge in [0.25, 0.3) is 0 Å². The van der Waals surface area contributed by atoms with Crippen LogP contribution >= 0.6 is 0 Å². The lowest BCUT2D eigenvalue weighted by atomic mass is 10.1. The molecule has 0 aliphatic rings. The van der Waals surface area contributed by atoms with E-state index in [1.165, 1.54) is 0 Å². The van der Waals surface area contributed by atoms with E-state index in [1.807, 2.05) is 27.7 Å². The van der Waals surface area contributed by atoms with Crippen LogP contribution < -0.4 is 9.44 Å². The third kappa shape index (κ3) is 5.64. The van der Waals surface area contributed by atoms with Crippen LogP contribution in [-0.2, 0) is 20.0 Å². The van der Waals surface area contributed by atoms with Crippen molar-refractivity contribution in [2.75, 3.05) is 0 Å². The second kappa shape index (κ2) is 9.17. The Kier molecular flexibility index (Phi) is 7.39. The predicted octanol–water partition coefficient (Wildman–Crippen LogP) is 3.51. The van der Waals surface area contributed by atoms with E-state index in [0.29, 0.717) is 12.8 Å². The van der Waals surface area contributed by atoms with Gasteiger partial charge < -0.3 is 0 Å². The maximum atomic E-state index is 12.3. The van der Waals surface area contributed by atoms with Gasteiger partial charge in [-0.1, -0.05) is 38.1 Å². The molecular weight excluding hydrogens is 396 g/mol. The summed E-state index contributed by atoms with van der Waals surface area (Å²) in [5, 5.41) is 0. The fraction of sp³-hybridized carbons (Fsp3) is 0.400. The van der Waals surface area contributed by atoms with Crippen LogP contribution in [0.1, 0.15) is 40.5 Å². The summed E-state index contributed by atoms with van der Waals surface area (Å²) in [5.74, 6) is 0. The Morgan fingerprint density at radius 3 is 1.18 bits per heavy atom. The van der Waals surface area contributed by atoms with Gasteiger partial charge in [0.1, 0.15) is 0 Å². The van der Waals surface area contributed by atoms with E-state index in [0.717, 1.165) is 11.1 Å². The molecule has 2 aromatic carbocycles. The molecule has 0 aliphatic carbocycles. The van der Waals surface area contributed by atoms with Gasteiger partial charge in [0.05, 0.1) is 9.79 Å². The number of sulfonamides is 2. The summed E-state index contributed by atoms with van der Waals surface area (Å²) in [6.07, 6.45) is 1.41. The van der Waals surface area contributed by atoms with Crippen molar-refractivity contribution in [3.63, 3.8) is 0 Å². The fourth-order valence-electron chi connectivity index (χ4n) is 2.49. The van der Waals surface area contributed by atoms with E-state index in [1.54, 1.807) is 48.5 Å². The molecule has 6 nitrogen and oxygen atoms in total. The van der Waals surface area contributed by atoms with Gasteiger partial charge in [-0.2, -0.15) is 0 Å². The molecule has 2 rings (SSSR count). The molecule has 2 atom stereocenters. The van der Waals surface area contributed by atoms with E-state index >= 15 is 0 Å². The van der Waals surface area contributed by atoms with E-state index in [4.69, 9.17) is 0 Å². The molecule has 0 heterocycles. The van der Waals surface area contributed by atoms with Crippen molar-refractivity contribution >= 4 is 20.0 Å². The second-order valence-corrected chi connectivity index (χ2v) is 10.3. The molecule has 0 unspecified atom stereocenters. The van der Waals surface area contributed by atoms with Crippen molar-refractivity contribution in [3.8, 4) is 11.1 Å². The minimum absolute atomic E-state index is 0.136. The summed E-state index contributed by atoms with van der Waals surface area (Å²) in [7, 11) is -7.10. The van der Waals surface area contributed by atoms with Crippen molar-refractivity contribution in [1.82, 2.24) is 9.44 Å². The van der Waals surface area contributed by atoms with Crippen molar-refractivity contribution in [2.24, 2.45) is 0 Å². The predicted molar refractivity (Wildman–Crippen MR) is 112 cm³/mol. The second-order valence-electron chi connectivity index (χ2n) is 6.91. The molecule has 2 N–H and O–H groups in total. The lowest BCUT2D eigenvalue weighted by molar-refractivity contribution is 0.554. The van der Waals surface area contributed by atoms with Gasteiger partial charge in [-0.15, -0.1) is 0 Å². The summed E-state index contributed by atoms with van der Waals surface area (Å²) >= 11 is 0. The summed E-state index contributed by atoms with van der Waals surface area (Å²) in [4.78, 5) is 0.405. The standard InChI is InChI=1S/C20H28N2O4S2/c1-5-15(3)21-27(23,24)19-11-7-17(8-12-19)18-9-13-20(14-10-18)28(25,26)22-16(4)6-2/h7-16,21-22H,5-6H2,1-4H3/t15-,16+. The van der Waals surface area contributed by atoms with E-state index in [-0.39, 0.29) is 21.9 Å². The van der Waals surface area contributed by atoms with Gasteiger partial charge in [0, 0.05) is 12.1 Å². The van der Waals surface area contributed by atoms with Crippen LogP contribution in [0.3, 0.4) is 0 Å². The fourth-order valence-corrected chi connectivity index (χ4v) is 5.14. The first-order valence-electron chi connectivity index (χ1n) is 9.34. The Hall–Kier alpha value is -1.74. The molecule has 2 aromatic rings. The van der Waals surface area contributed by atoms with Gasteiger partial charge in [-0.25, -0.2) is 26.3 Å². The maximum absolute atomic E-state index is 12.3. The Balaban J connectivity index is 2.21. The molecule has 154 valence electrons. The maximum Gasteiger partial charge on any atom is 0.240 e. The molecule has 0 aliphatic heterocycles. The number of rotatable bonds is 9. The molecule has 8 heteroatoms. The summed E-state index contributed by atoms with van der Waals surface area (Å²) < 4.78 is 54.6. The van der Waals surface area contributed by atoms with Gasteiger partial charge in [0.2, 0.25) is 20.0 Å². The molecular formula is C20H28N2O4S2. The highest BCUT2D eigenvalue weighted by Gasteiger charge is 2.18. The first kappa shape index (κ1) is 22.5. The van der Waals surface area contributed by atoms with Crippen LogP contribution in [0.5, 0.6) is 0 Å². The SMILES string of the molecule is CC[C@@H](C)NS(=O)(=O)c1ccc(-c2ccc(S(=O)(=O)N[C@@H](C)CC)cc2)cc1. The molecule has 28 heavy (non-hydrogen) atoms. The lowest BCUT2D eigenvalue weighted by Crippen LogP contribution is -2.32. The van der Waals surface area contributed by atoms with E-state index < -0.39 is 20.0 Å².